The molecule has 1 fully saturated rings. The highest BCUT2D eigenvalue weighted by molar-refractivity contribution is 7.90. The molecule has 2 amide bonds. The van der Waals surface area contributed by atoms with Crippen LogP contribution in [0.3, 0.4) is 0 Å². The van der Waals surface area contributed by atoms with Gasteiger partial charge in [0.1, 0.15) is 0 Å². The molecule has 0 spiro atoms. The van der Waals surface area contributed by atoms with E-state index in [9.17, 15) is 31.2 Å². The molecule has 5 rings (SSSR count). The molecule has 38 heavy (non-hydrogen) atoms. The van der Waals surface area contributed by atoms with E-state index in [-0.39, 0.29) is 23.3 Å². The summed E-state index contributed by atoms with van der Waals surface area (Å²) in [5.41, 5.74) is 0.564. The fourth-order valence-corrected chi connectivity index (χ4v) is 5.17. The average molecular weight is 540 g/mol. The van der Waals surface area contributed by atoms with Gasteiger partial charge in [-0.25, -0.2) is 13.1 Å². The Morgan fingerprint density at radius 2 is 1.61 bits per heavy atom. The Morgan fingerprint density at radius 1 is 0.895 bits per heavy atom. The van der Waals surface area contributed by atoms with Gasteiger partial charge in [-0.05, 0) is 77.9 Å². The number of anilines is 1. The third-order valence-corrected chi connectivity index (χ3v) is 7.70. The van der Waals surface area contributed by atoms with Crippen molar-refractivity contribution in [3.8, 4) is 0 Å². The largest absolute Gasteiger partial charge is 0.416 e. The topological polar surface area (TPSA) is 105 Å². The molecule has 11 heteroatoms. The van der Waals surface area contributed by atoms with Crippen molar-refractivity contribution < 1.29 is 31.2 Å². The highest BCUT2D eigenvalue weighted by atomic mass is 32.2. The summed E-state index contributed by atoms with van der Waals surface area (Å²) in [5.74, 6) is -1.31. The molecule has 1 aliphatic rings. The van der Waals surface area contributed by atoms with Crippen molar-refractivity contribution in [2.45, 2.75) is 23.4 Å². The monoisotopic (exact) mass is 539 g/mol. The Bertz CT molecular complexity index is 1640. The number of benzene rings is 3. The number of nitrogens with zero attached hydrogens (tertiary/aromatic N) is 1. The van der Waals surface area contributed by atoms with Crippen LogP contribution in [0.1, 0.15) is 33.8 Å². The summed E-state index contributed by atoms with van der Waals surface area (Å²) in [5, 5.41) is 4.85. The van der Waals surface area contributed by atoms with Crippen molar-refractivity contribution in [2.24, 2.45) is 5.92 Å². The third kappa shape index (κ3) is 5.37. The molecule has 1 heterocycles. The van der Waals surface area contributed by atoms with Crippen molar-refractivity contribution >= 4 is 38.3 Å². The summed E-state index contributed by atoms with van der Waals surface area (Å²) in [4.78, 5) is 28.8. The second-order valence-corrected chi connectivity index (χ2v) is 10.6. The van der Waals surface area contributed by atoms with Crippen LogP contribution in [0.5, 0.6) is 0 Å². The fourth-order valence-electron chi connectivity index (χ4n) is 4.19. The number of aromatic nitrogens is 1. The maximum Gasteiger partial charge on any atom is 0.416 e. The highest BCUT2D eigenvalue weighted by Crippen LogP contribution is 2.48. The first-order valence-corrected chi connectivity index (χ1v) is 13.0. The number of sulfonamides is 1. The third-order valence-electron chi connectivity index (χ3n) is 6.36. The van der Waals surface area contributed by atoms with E-state index in [2.05, 4.69) is 10.3 Å². The SMILES string of the molecule is O=C(NS(=O)(=O)c1ccc(C(F)(F)F)cc1)c1ccc([C@@H]2C[C@H]2C(=O)Nc2ccc3cnccc3c2)cc1. The smallest absolute Gasteiger partial charge is 0.326 e. The lowest BCUT2D eigenvalue weighted by Gasteiger charge is -2.10. The van der Waals surface area contributed by atoms with Crippen LogP contribution < -0.4 is 10.0 Å². The van der Waals surface area contributed by atoms with Gasteiger partial charge in [0.2, 0.25) is 5.91 Å². The molecule has 0 unspecified atom stereocenters. The molecule has 7 nitrogen and oxygen atoms in total. The van der Waals surface area contributed by atoms with Gasteiger partial charge in [0.15, 0.2) is 0 Å². The van der Waals surface area contributed by atoms with Crippen molar-refractivity contribution in [3.63, 3.8) is 0 Å². The van der Waals surface area contributed by atoms with Crippen molar-refractivity contribution in [2.75, 3.05) is 5.32 Å². The molecule has 0 saturated heterocycles. The van der Waals surface area contributed by atoms with Crippen LogP contribution in [0.15, 0.2) is 90.1 Å². The second-order valence-electron chi connectivity index (χ2n) is 8.95. The lowest BCUT2D eigenvalue weighted by atomic mass is 10.1. The predicted octanol–water partition coefficient (Wildman–Crippen LogP) is 5.11. The van der Waals surface area contributed by atoms with Crippen molar-refractivity contribution in [3.05, 3.63) is 102 Å². The maximum absolute atomic E-state index is 12.7. The van der Waals surface area contributed by atoms with E-state index in [0.29, 0.717) is 24.2 Å². The Hall–Kier alpha value is -4.25. The summed E-state index contributed by atoms with van der Waals surface area (Å²) in [6.45, 7) is 0. The second kappa shape index (κ2) is 9.56. The normalized spacial score (nSPS) is 17.1. The maximum atomic E-state index is 12.7. The Balaban J connectivity index is 1.20. The minimum absolute atomic E-state index is 0.0346. The quantitative estimate of drug-likeness (QED) is 0.354. The number of halogens is 3. The predicted molar refractivity (Wildman–Crippen MR) is 134 cm³/mol. The number of nitrogens with one attached hydrogen (secondary N) is 2. The summed E-state index contributed by atoms with van der Waals surface area (Å²) in [7, 11) is -4.37. The van der Waals surface area contributed by atoms with Crippen LogP contribution in [-0.2, 0) is 21.0 Å². The lowest BCUT2D eigenvalue weighted by Crippen LogP contribution is -2.30. The number of hydrogen-bond donors (Lipinski definition) is 2. The van der Waals surface area contributed by atoms with E-state index >= 15 is 0 Å². The molecular weight excluding hydrogens is 519 g/mol. The molecule has 0 radical (unpaired) electrons. The zero-order valence-electron chi connectivity index (χ0n) is 19.6. The standard InChI is InChI=1S/C27H20F3N3O4S/c28-27(29,30)20-6-9-22(10-7-20)38(36,37)33-25(34)17-3-1-16(2-4-17)23-14-24(23)26(35)32-21-8-5-19-15-31-12-11-18(19)13-21/h1-13,15,23-24H,14H2,(H,32,35)(H,33,34)/t23-,24+/m0/s1. The zero-order chi connectivity index (χ0) is 27.1. The molecule has 194 valence electrons. The van der Waals surface area contributed by atoms with Gasteiger partial charge in [-0.15, -0.1) is 0 Å². The Morgan fingerprint density at radius 3 is 2.29 bits per heavy atom. The van der Waals surface area contributed by atoms with Gasteiger partial charge < -0.3 is 5.32 Å². The van der Waals surface area contributed by atoms with Crippen molar-refractivity contribution in [1.29, 1.82) is 0 Å². The van der Waals surface area contributed by atoms with Crippen molar-refractivity contribution in [1.82, 2.24) is 9.71 Å². The van der Waals surface area contributed by atoms with Crippen LogP contribution in [0.4, 0.5) is 18.9 Å². The van der Waals surface area contributed by atoms with E-state index in [4.69, 9.17) is 0 Å². The van der Waals surface area contributed by atoms with E-state index < -0.39 is 32.6 Å². The molecule has 0 aliphatic heterocycles. The number of amides is 2. The van der Waals surface area contributed by atoms with E-state index in [1.165, 1.54) is 12.1 Å². The van der Waals surface area contributed by atoms with Gasteiger partial charge in [0.25, 0.3) is 15.9 Å². The van der Waals surface area contributed by atoms with E-state index in [0.717, 1.165) is 28.5 Å². The van der Waals surface area contributed by atoms with Gasteiger partial charge in [-0.1, -0.05) is 18.2 Å². The molecule has 2 N–H and O–H groups in total. The number of alkyl halides is 3. The van der Waals surface area contributed by atoms with Gasteiger partial charge in [-0.2, -0.15) is 13.2 Å². The molecule has 4 aromatic rings. The molecule has 1 aliphatic carbocycles. The van der Waals surface area contributed by atoms with Gasteiger partial charge in [-0.3, -0.25) is 14.6 Å². The summed E-state index contributed by atoms with van der Waals surface area (Å²) in [6, 6.07) is 16.5. The highest BCUT2D eigenvalue weighted by Gasteiger charge is 2.44. The molecule has 0 bridgehead atoms. The minimum atomic E-state index is -4.61. The number of pyridine rings is 1. The molecule has 2 atom stereocenters. The molecule has 1 aromatic heterocycles. The number of fused-ring (bicyclic) bond motifs is 1. The van der Waals surface area contributed by atoms with Crippen LogP contribution in [-0.4, -0.2) is 25.2 Å². The van der Waals surface area contributed by atoms with E-state index in [1.54, 1.807) is 24.5 Å². The molecule has 3 aromatic carbocycles. The summed E-state index contributed by atoms with van der Waals surface area (Å²) in [6.07, 6.45) is -0.551. The average Bonchev–Trinajstić information content (AvgIpc) is 3.69. The van der Waals surface area contributed by atoms with Crippen LogP contribution >= 0.6 is 0 Å². The van der Waals surface area contributed by atoms with Gasteiger partial charge in [0.05, 0.1) is 10.5 Å². The van der Waals surface area contributed by atoms with E-state index in [1.807, 2.05) is 29.0 Å². The van der Waals surface area contributed by atoms with Crippen LogP contribution in [0.2, 0.25) is 0 Å². The lowest BCUT2D eigenvalue weighted by molar-refractivity contribution is -0.137. The fraction of sp³-hybridized carbons (Fsp3) is 0.148. The first-order chi connectivity index (χ1) is 18.0. The van der Waals surface area contributed by atoms with Crippen LogP contribution in [0, 0.1) is 5.92 Å². The zero-order valence-corrected chi connectivity index (χ0v) is 20.4. The molecular formula is C27H20F3N3O4S. The van der Waals surface area contributed by atoms with Gasteiger partial charge in [0, 0.05) is 34.9 Å². The number of carbonyl (C=O) groups is 2. The first kappa shape index (κ1) is 25.4. The Kier molecular flexibility index (Phi) is 6.39. The first-order valence-electron chi connectivity index (χ1n) is 11.5. The summed E-state index contributed by atoms with van der Waals surface area (Å²) >= 11 is 0. The number of rotatable bonds is 6. The minimum Gasteiger partial charge on any atom is -0.326 e. The van der Waals surface area contributed by atoms with Gasteiger partial charge >= 0.3 is 6.18 Å². The van der Waals surface area contributed by atoms with Crippen LogP contribution in [0.25, 0.3) is 10.8 Å². The number of carbonyl (C=O) groups excluding carboxylic acids is 2. The molecule has 1 saturated carbocycles. The summed E-state index contributed by atoms with van der Waals surface area (Å²) < 4.78 is 64.9. The number of hydrogen-bond acceptors (Lipinski definition) is 5. The Labute approximate surface area is 215 Å².